The number of rotatable bonds is 6. The molecule has 0 bridgehead atoms. The highest BCUT2D eigenvalue weighted by molar-refractivity contribution is 14.0. The monoisotopic (exact) mass is 493 g/mol. The first kappa shape index (κ1) is 23.2. The van der Waals surface area contributed by atoms with Gasteiger partial charge in [0.2, 0.25) is 0 Å². The third-order valence-electron chi connectivity index (χ3n) is 3.76. The summed E-state index contributed by atoms with van der Waals surface area (Å²) >= 11 is 0. The fourth-order valence-corrected chi connectivity index (χ4v) is 2.32. The molecule has 2 aromatic rings. The second-order valence-corrected chi connectivity index (χ2v) is 5.72. The van der Waals surface area contributed by atoms with Crippen LogP contribution in [0.4, 0.5) is 13.2 Å². The van der Waals surface area contributed by atoms with Crippen molar-refractivity contribution in [1.29, 1.82) is 0 Å². The zero-order valence-electron chi connectivity index (χ0n) is 15.1. The van der Waals surface area contributed by atoms with Crippen LogP contribution in [0.1, 0.15) is 22.3 Å². The summed E-state index contributed by atoms with van der Waals surface area (Å²) in [5.74, 6) is 0.575. The number of alkyl halides is 3. The highest BCUT2D eigenvalue weighted by Crippen LogP contribution is 2.29. The van der Waals surface area contributed by atoms with E-state index in [0.717, 1.165) is 28.8 Å². The number of ether oxygens (including phenoxy) is 1. The lowest BCUT2D eigenvalue weighted by Crippen LogP contribution is -2.36. The van der Waals surface area contributed by atoms with Crippen LogP contribution in [-0.2, 0) is 30.6 Å². The van der Waals surface area contributed by atoms with Crippen LogP contribution in [-0.4, -0.2) is 20.1 Å². The zero-order chi connectivity index (χ0) is 19.0. The molecule has 0 heterocycles. The lowest BCUT2D eigenvalue weighted by molar-refractivity contribution is -0.137. The number of aliphatic imine (C=N–C) groups is 1. The largest absolute Gasteiger partial charge is 0.416 e. The van der Waals surface area contributed by atoms with E-state index in [-0.39, 0.29) is 24.0 Å². The summed E-state index contributed by atoms with van der Waals surface area (Å²) < 4.78 is 42.8. The summed E-state index contributed by atoms with van der Waals surface area (Å²) in [5, 5.41) is 6.25. The molecule has 0 atom stereocenters. The molecule has 0 aliphatic rings. The van der Waals surface area contributed by atoms with Gasteiger partial charge >= 0.3 is 6.18 Å². The van der Waals surface area contributed by atoms with Gasteiger partial charge < -0.3 is 15.4 Å². The van der Waals surface area contributed by atoms with Gasteiger partial charge in [0, 0.05) is 27.2 Å². The van der Waals surface area contributed by atoms with Crippen LogP contribution in [0.25, 0.3) is 0 Å². The molecule has 2 rings (SSSR count). The molecule has 0 fully saturated rings. The molecule has 0 aliphatic carbocycles. The summed E-state index contributed by atoms with van der Waals surface area (Å²) in [6, 6.07) is 13.1. The Bertz CT molecular complexity index is 716. The first-order valence-electron chi connectivity index (χ1n) is 8.10. The molecule has 0 saturated carbocycles. The molecule has 0 spiro atoms. The van der Waals surface area contributed by atoms with Gasteiger partial charge in [-0.25, -0.2) is 0 Å². The predicted molar refractivity (Wildman–Crippen MR) is 111 cm³/mol. The maximum absolute atomic E-state index is 12.6. The Kier molecular flexibility index (Phi) is 9.57. The average Bonchev–Trinajstić information content (AvgIpc) is 2.63. The van der Waals surface area contributed by atoms with Crippen molar-refractivity contribution >= 4 is 29.9 Å². The first-order valence-corrected chi connectivity index (χ1v) is 8.10. The summed E-state index contributed by atoms with van der Waals surface area (Å²) in [6.45, 7) is 1.54. The van der Waals surface area contributed by atoms with Crippen molar-refractivity contribution in [1.82, 2.24) is 10.6 Å². The Hall–Kier alpha value is -1.81. The maximum Gasteiger partial charge on any atom is 0.416 e. The van der Waals surface area contributed by atoms with Crippen LogP contribution >= 0.6 is 24.0 Å². The number of guanidine groups is 1. The molecule has 8 heteroatoms. The molecule has 0 unspecified atom stereocenters. The lowest BCUT2D eigenvalue weighted by atomic mass is 10.1. The molecule has 0 saturated heterocycles. The van der Waals surface area contributed by atoms with Gasteiger partial charge in [-0.3, -0.25) is 4.99 Å². The van der Waals surface area contributed by atoms with E-state index in [4.69, 9.17) is 4.74 Å². The molecule has 2 aromatic carbocycles. The number of halogens is 4. The van der Waals surface area contributed by atoms with Crippen molar-refractivity contribution in [2.24, 2.45) is 4.99 Å². The van der Waals surface area contributed by atoms with Crippen molar-refractivity contribution in [2.75, 3.05) is 14.2 Å². The van der Waals surface area contributed by atoms with Gasteiger partial charge in [0.25, 0.3) is 0 Å². The molecular formula is C19H23F3IN3O. The van der Waals surface area contributed by atoms with E-state index in [1.807, 2.05) is 24.3 Å². The van der Waals surface area contributed by atoms with Gasteiger partial charge in [-0.1, -0.05) is 36.4 Å². The molecule has 4 nitrogen and oxygen atoms in total. The summed E-state index contributed by atoms with van der Waals surface area (Å²) in [6.07, 6.45) is -4.32. The first-order chi connectivity index (χ1) is 12.4. The van der Waals surface area contributed by atoms with Crippen LogP contribution in [0.3, 0.4) is 0 Å². The van der Waals surface area contributed by atoms with Crippen molar-refractivity contribution in [3.63, 3.8) is 0 Å². The maximum atomic E-state index is 12.6. The van der Waals surface area contributed by atoms with Crippen molar-refractivity contribution in [3.8, 4) is 0 Å². The average molecular weight is 493 g/mol. The number of methoxy groups -OCH3 is 1. The third-order valence-corrected chi connectivity index (χ3v) is 3.76. The minimum atomic E-state index is -4.32. The van der Waals surface area contributed by atoms with Crippen molar-refractivity contribution < 1.29 is 17.9 Å². The van der Waals surface area contributed by atoms with E-state index in [0.29, 0.717) is 25.7 Å². The molecule has 0 aliphatic heterocycles. The van der Waals surface area contributed by atoms with Crippen molar-refractivity contribution in [2.45, 2.75) is 25.9 Å². The number of nitrogens with one attached hydrogen (secondary N) is 2. The van der Waals surface area contributed by atoms with Crippen LogP contribution in [0.5, 0.6) is 0 Å². The number of benzene rings is 2. The van der Waals surface area contributed by atoms with Crippen LogP contribution in [0, 0.1) is 0 Å². The Morgan fingerprint density at radius 3 is 1.74 bits per heavy atom. The standard InChI is InChI=1S/C19H22F3N3O.HI/c1-23-18(24-11-14-3-5-16(6-4-14)13-26-2)25-12-15-7-9-17(10-8-15)19(20,21)22;/h3-10H,11-13H2,1-2H3,(H2,23,24,25);1H. The molecule has 27 heavy (non-hydrogen) atoms. The lowest BCUT2D eigenvalue weighted by Gasteiger charge is -2.13. The Morgan fingerprint density at radius 2 is 1.33 bits per heavy atom. The van der Waals surface area contributed by atoms with Crippen LogP contribution in [0.15, 0.2) is 53.5 Å². The second-order valence-electron chi connectivity index (χ2n) is 5.72. The Balaban J connectivity index is 0.00000364. The van der Waals surface area contributed by atoms with E-state index < -0.39 is 11.7 Å². The summed E-state index contributed by atoms with van der Waals surface area (Å²) in [7, 11) is 3.30. The highest BCUT2D eigenvalue weighted by atomic mass is 127. The topological polar surface area (TPSA) is 45.7 Å². The van der Waals surface area contributed by atoms with Gasteiger partial charge in [0.15, 0.2) is 5.96 Å². The zero-order valence-corrected chi connectivity index (χ0v) is 17.5. The normalized spacial score (nSPS) is 11.7. The SMILES string of the molecule is CN=C(NCc1ccc(COC)cc1)NCc1ccc(C(F)(F)F)cc1.I. The number of nitrogens with zero attached hydrogens (tertiary/aromatic N) is 1. The fraction of sp³-hybridized carbons (Fsp3) is 0.316. The van der Waals surface area contributed by atoms with Crippen LogP contribution < -0.4 is 10.6 Å². The molecule has 2 N–H and O–H groups in total. The third kappa shape index (κ3) is 7.76. The molecule has 148 valence electrons. The number of hydrogen-bond donors (Lipinski definition) is 2. The van der Waals surface area contributed by atoms with Gasteiger partial charge in [-0.2, -0.15) is 13.2 Å². The molecular weight excluding hydrogens is 470 g/mol. The Morgan fingerprint density at radius 1 is 0.889 bits per heavy atom. The Labute approximate surface area is 174 Å². The molecule has 0 radical (unpaired) electrons. The van der Waals surface area contributed by atoms with E-state index in [9.17, 15) is 13.2 Å². The van der Waals surface area contributed by atoms with E-state index >= 15 is 0 Å². The van der Waals surface area contributed by atoms with Gasteiger partial charge in [-0.15, -0.1) is 24.0 Å². The molecule has 0 amide bonds. The van der Waals surface area contributed by atoms with E-state index in [2.05, 4.69) is 15.6 Å². The van der Waals surface area contributed by atoms with E-state index in [1.165, 1.54) is 12.1 Å². The van der Waals surface area contributed by atoms with Gasteiger partial charge in [0.1, 0.15) is 0 Å². The minimum absolute atomic E-state index is 0. The smallest absolute Gasteiger partial charge is 0.380 e. The highest BCUT2D eigenvalue weighted by Gasteiger charge is 2.29. The number of hydrogen-bond acceptors (Lipinski definition) is 2. The summed E-state index contributed by atoms with van der Waals surface area (Å²) in [5.41, 5.74) is 2.27. The van der Waals surface area contributed by atoms with E-state index in [1.54, 1.807) is 14.2 Å². The predicted octanol–water partition coefficient (Wildman–Crippen LogP) is 4.34. The van der Waals surface area contributed by atoms with Gasteiger partial charge in [0.05, 0.1) is 12.2 Å². The minimum Gasteiger partial charge on any atom is -0.380 e. The van der Waals surface area contributed by atoms with Crippen molar-refractivity contribution in [3.05, 3.63) is 70.8 Å². The second kappa shape index (κ2) is 11.1. The van der Waals surface area contributed by atoms with Crippen LogP contribution in [0.2, 0.25) is 0 Å². The summed E-state index contributed by atoms with van der Waals surface area (Å²) in [4.78, 5) is 4.12. The fourth-order valence-electron chi connectivity index (χ4n) is 2.32. The molecule has 0 aromatic heterocycles. The van der Waals surface area contributed by atoms with Gasteiger partial charge in [-0.05, 0) is 28.8 Å². The quantitative estimate of drug-likeness (QED) is 0.358.